The van der Waals surface area contributed by atoms with Crippen LogP contribution in [0.25, 0.3) is 0 Å². The standard InChI is InChI=1S/C22H22B4ClF2N3O4/c23-13-6-11(7-14(24)17(13)27)21(28,29)20(36)31-22(25,26)10-1-2-12-9(5-10)8-32(19(12)35)15-3-4-16(33)30-18(15)34/h1-2,5-7,15H,3-4,8,23-26H2,(H,31,36)(H,30,33,34). The van der Waals surface area contributed by atoms with Crippen molar-refractivity contribution in [1.82, 2.24) is 15.5 Å². The monoisotopic (exact) mass is 509 g/mol. The molecule has 0 aliphatic carbocycles. The number of fused-ring (bicyclic) bond motifs is 1. The lowest BCUT2D eigenvalue weighted by Gasteiger charge is -2.30. The van der Waals surface area contributed by atoms with Crippen molar-refractivity contribution in [2.45, 2.75) is 36.7 Å². The van der Waals surface area contributed by atoms with Crippen LogP contribution in [-0.2, 0) is 32.2 Å². The molecule has 0 aromatic heterocycles. The molecule has 36 heavy (non-hydrogen) atoms. The van der Waals surface area contributed by atoms with E-state index in [1.54, 1.807) is 49.6 Å². The maximum Gasteiger partial charge on any atom is 0.349 e. The van der Waals surface area contributed by atoms with Crippen molar-refractivity contribution in [3.05, 3.63) is 57.6 Å². The summed E-state index contributed by atoms with van der Waals surface area (Å²) < 4.78 is 30.2. The Morgan fingerprint density at radius 2 is 1.72 bits per heavy atom. The van der Waals surface area contributed by atoms with Crippen molar-refractivity contribution in [3.8, 4) is 0 Å². The average Bonchev–Trinajstić information content (AvgIpc) is 3.12. The van der Waals surface area contributed by atoms with E-state index in [4.69, 9.17) is 11.6 Å². The summed E-state index contributed by atoms with van der Waals surface area (Å²) in [6, 6.07) is 6.48. The van der Waals surface area contributed by atoms with Gasteiger partial charge in [0.15, 0.2) is 0 Å². The molecule has 1 saturated heterocycles. The SMILES string of the molecule is Bc1cc(C(F)(F)C(=O)NC(B)(B)c2ccc3c(c2)CN(C2CCC(=O)NC2=O)C3=O)cc(B)c1Cl. The molecule has 2 N–H and O–H groups in total. The Balaban J connectivity index is 1.55. The number of rotatable bonds is 5. The number of imide groups is 1. The van der Waals surface area contributed by atoms with Crippen LogP contribution in [-0.4, -0.2) is 66.0 Å². The Hall–Kier alpha value is -3.07. The van der Waals surface area contributed by atoms with Crippen LogP contribution in [0.1, 0.15) is 39.9 Å². The van der Waals surface area contributed by atoms with E-state index < -0.39 is 34.7 Å². The van der Waals surface area contributed by atoms with Gasteiger partial charge in [-0.2, -0.15) is 8.78 Å². The Morgan fingerprint density at radius 3 is 2.33 bits per heavy atom. The fraction of sp³-hybridized carbons (Fsp3) is 0.273. The summed E-state index contributed by atoms with van der Waals surface area (Å²) in [5, 5.41) is 3.85. The smallest absolute Gasteiger partial charge is 0.349 e. The molecule has 2 aliphatic heterocycles. The molecule has 4 rings (SSSR count). The predicted octanol–water partition coefficient (Wildman–Crippen LogP) is -3.10. The van der Waals surface area contributed by atoms with E-state index in [2.05, 4.69) is 10.6 Å². The molecule has 182 valence electrons. The highest BCUT2D eigenvalue weighted by Gasteiger charge is 2.44. The molecule has 1 fully saturated rings. The molecule has 4 amide bonds. The summed E-state index contributed by atoms with van der Waals surface area (Å²) in [6.07, 6.45) is 0.374. The van der Waals surface area contributed by atoms with Crippen molar-refractivity contribution in [3.63, 3.8) is 0 Å². The first-order valence-electron chi connectivity index (χ1n) is 11.5. The van der Waals surface area contributed by atoms with Crippen LogP contribution in [0.4, 0.5) is 8.78 Å². The maximum atomic E-state index is 15.1. The summed E-state index contributed by atoms with van der Waals surface area (Å²) in [7, 11) is 6.38. The molecule has 7 nitrogen and oxygen atoms in total. The number of carbonyl (C=O) groups is 4. The summed E-state index contributed by atoms with van der Waals surface area (Å²) in [5.74, 6) is -6.49. The van der Waals surface area contributed by atoms with Gasteiger partial charge in [-0.15, -0.1) is 0 Å². The number of nitrogens with one attached hydrogen (secondary N) is 2. The number of carbonyl (C=O) groups excluding carboxylic acids is 4. The molecule has 2 heterocycles. The van der Waals surface area contributed by atoms with Crippen LogP contribution >= 0.6 is 11.6 Å². The third kappa shape index (κ3) is 4.56. The van der Waals surface area contributed by atoms with Gasteiger partial charge in [0, 0.05) is 34.5 Å². The number of benzene rings is 2. The van der Waals surface area contributed by atoms with Crippen LogP contribution in [0, 0.1) is 0 Å². The van der Waals surface area contributed by atoms with E-state index in [1.165, 1.54) is 17.0 Å². The van der Waals surface area contributed by atoms with Crippen molar-refractivity contribution >= 4 is 77.5 Å². The molecule has 0 bridgehead atoms. The molecule has 14 heteroatoms. The topological polar surface area (TPSA) is 95.6 Å². The molecule has 0 spiro atoms. The number of piperidine rings is 1. The zero-order valence-corrected chi connectivity index (χ0v) is 21.1. The number of nitrogens with zero attached hydrogens (tertiary/aromatic N) is 1. The second kappa shape index (κ2) is 9.10. The van der Waals surface area contributed by atoms with Gasteiger partial charge in [0.25, 0.3) is 11.8 Å². The third-order valence-corrected chi connectivity index (χ3v) is 7.35. The first-order valence-corrected chi connectivity index (χ1v) is 11.9. The average molecular weight is 509 g/mol. The second-order valence-corrected chi connectivity index (χ2v) is 10.2. The number of alkyl halides is 2. The highest BCUT2D eigenvalue weighted by atomic mass is 35.5. The Kier molecular flexibility index (Phi) is 6.58. The van der Waals surface area contributed by atoms with Crippen molar-refractivity contribution in [2.24, 2.45) is 0 Å². The molecule has 0 saturated carbocycles. The largest absolute Gasteiger partial charge is 0.357 e. The molecule has 2 aliphatic rings. The van der Waals surface area contributed by atoms with Gasteiger partial charge in [-0.1, -0.05) is 46.8 Å². The van der Waals surface area contributed by atoms with Crippen LogP contribution < -0.4 is 21.6 Å². The third-order valence-electron chi connectivity index (χ3n) is 6.76. The van der Waals surface area contributed by atoms with Gasteiger partial charge in [-0.3, -0.25) is 24.5 Å². The van der Waals surface area contributed by atoms with Crippen LogP contribution in [0.15, 0.2) is 30.3 Å². The molecule has 2 aromatic carbocycles. The van der Waals surface area contributed by atoms with E-state index >= 15 is 8.78 Å². The van der Waals surface area contributed by atoms with Gasteiger partial charge in [-0.25, -0.2) is 0 Å². The summed E-state index contributed by atoms with van der Waals surface area (Å²) in [4.78, 5) is 50.8. The van der Waals surface area contributed by atoms with E-state index in [0.717, 1.165) is 0 Å². The molecule has 1 atom stereocenters. The number of hydrogen-bond acceptors (Lipinski definition) is 4. The summed E-state index contributed by atoms with van der Waals surface area (Å²) in [5.41, 5.74) is 1.97. The molecule has 2 aromatic rings. The minimum atomic E-state index is -3.80. The van der Waals surface area contributed by atoms with Crippen molar-refractivity contribution in [1.29, 1.82) is 0 Å². The van der Waals surface area contributed by atoms with E-state index in [0.29, 0.717) is 32.6 Å². The van der Waals surface area contributed by atoms with Crippen LogP contribution in [0.5, 0.6) is 0 Å². The van der Waals surface area contributed by atoms with Crippen LogP contribution in [0.2, 0.25) is 5.02 Å². The summed E-state index contributed by atoms with van der Waals surface area (Å²) in [6.45, 7) is 0.137. The molecule has 0 radical (unpaired) electrons. The number of amides is 4. The number of halogens is 3. The maximum absolute atomic E-state index is 15.1. The van der Waals surface area contributed by atoms with Gasteiger partial charge in [-0.05, 0) is 23.6 Å². The van der Waals surface area contributed by atoms with Crippen LogP contribution in [0.3, 0.4) is 0 Å². The Labute approximate surface area is 215 Å². The van der Waals surface area contributed by atoms with Gasteiger partial charge in [0.05, 0.1) is 0 Å². The fourth-order valence-electron chi connectivity index (χ4n) is 4.66. The molecular weight excluding hydrogens is 487 g/mol. The lowest BCUT2D eigenvalue weighted by Crippen LogP contribution is -2.52. The van der Waals surface area contributed by atoms with Crippen molar-refractivity contribution < 1.29 is 28.0 Å². The first kappa shape index (κ1) is 26.0. The fourth-order valence-corrected chi connectivity index (χ4v) is 4.77. The van der Waals surface area contributed by atoms with Gasteiger partial charge < -0.3 is 10.2 Å². The zero-order chi connectivity index (χ0) is 26.6. The Morgan fingerprint density at radius 1 is 1.08 bits per heavy atom. The van der Waals surface area contributed by atoms with E-state index in [-0.39, 0.29) is 31.2 Å². The quantitative estimate of drug-likeness (QED) is 0.330. The number of hydrogen-bond donors (Lipinski definition) is 2. The molecular formula is C22H22B4ClF2N3O4. The van der Waals surface area contributed by atoms with Gasteiger partial charge in [0.1, 0.15) is 37.4 Å². The predicted molar refractivity (Wildman–Crippen MR) is 141 cm³/mol. The minimum absolute atomic E-state index is 0.137. The van der Waals surface area contributed by atoms with E-state index in [9.17, 15) is 19.2 Å². The second-order valence-electron chi connectivity index (χ2n) is 9.85. The zero-order valence-electron chi connectivity index (χ0n) is 20.3. The normalized spacial score (nSPS) is 18.1. The lowest BCUT2D eigenvalue weighted by molar-refractivity contribution is -0.147. The highest BCUT2D eigenvalue weighted by molar-refractivity contribution is 6.52. The first-order chi connectivity index (χ1) is 16.7. The molecule has 1 unspecified atom stereocenters. The van der Waals surface area contributed by atoms with Gasteiger partial charge in [0.2, 0.25) is 11.8 Å². The van der Waals surface area contributed by atoms with Gasteiger partial charge >= 0.3 is 5.92 Å². The summed E-state index contributed by atoms with van der Waals surface area (Å²) >= 11 is 6.09. The van der Waals surface area contributed by atoms with Crippen molar-refractivity contribution in [2.75, 3.05) is 0 Å². The minimum Gasteiger partial charge on any atom is -0.357 e. The van der Waals surface area contributed by atoms with E-state index in [1.807, 2.05) is 0 Å². The lowest BCUT2D eigenvalue weighted by atomic mass is 9.57. The Bertz CT molecular complexity index is 1300. The highest BCUT2D eigenvalue weighted by Crippen LogP contribution is 2.32.